The summed E-state index contributed by atoms with van der Waals surface area (Å²) in [5.74, 6) is -0.390. The summed E-state index contributed by atoms with van der Waals surface area (Å²) in [4.78, 5) is 15.5. The lowest BCUT2D eigenvalue weighted by Gasteiger charge is -2.14. The molecule has 19 heavy (non-hydrogen) atoms. The van der Waals surface area contributed by atoms with E-state index in [1.165, 1.54) is 0 Å². The van der Waals surface area contributed by atoms with E-state index < -0.39 is 12.0 Å². The maximum atomic E-state index is 11.6. The van der Waals surface area contributed by atoms with Crippen LogP contribution in [0, 0.1) is 5.92 Å². The standard InChI is InChI=1S/C13H20N4O2/c1-8(2)11(14)12(18)19-7-9-4-3-5-10(6-9)17-13(15)16/h3-6,8,11H,7,14H2,1-2H3,(H4,15,16,17)/t11-/m0/s1. The van der Waals surface area contributed by atoms with E-state index in [0.29, 0.717) is 5.69 Å². The molecule has 0 aliphatic heterocycles. The number of carbonyl (C=O) groups is 1. The van der Waals surface area contributed by atoms with Crippen LogP contribution >= 0.6 is 0 Å². The molecule has 0 unspecified atom stereocenters. The van der Waals surface area contributed by atoms with Crippen molar-refractivity contribution in [3.8, 4) is 0 Å². The second kappa shape index (κ2) is 6.75. The van der Waals surface area contributed by atoms with Crippen LogP contribution in [0.1, 0.15) is 19.4 Å². The van der Waals surface area contributed by atoms with Crippen LogP contribution in [-0.4, -0.2) is 18.0 Å². The van der Waals surface area contributed by atoms with E-state index in [4.69, 9.17) is 21.9 Å². The number of ether oxygens (including phenoxy) is 1. The van der Waals surface area contributed by atoms with Crippen molar-refractivity contribution in [3.05, 3.63) is 29.8 Å². The van der Waals surface area contributed by atoms with Crippen molar-refractivity contribution in [1.82, 2.24) is 0 Å². The molecular formula is C13H20N4O2. The van der Waals surface area contributed by atoms with Crippen LogP contribution in [0.4, 0.5) is 5.69 Å². The molecule has 0 heterocycles. The molecule has 1 atom stereocenters. The number of hydrogen-bond acceptors (Lipinski definition) is 4. The Hall–Kier alpha value is -2.08. The van der Waals surface area contributed by atoms with Gasteiger partial charge in [-0.2, -0.15) is 0 Å². The third-order valence-corrected chi connectivity index (χ3v) is 2.54. The number of nitrogens with two attached hydrogens (primary N) is 3. The van der Waals surface area contributed by atoms with Crippen LogP contribution < -0.4 is 17.2 Å². The van der Waals surface area contributed by atoms with Crippen molar-refractivity contribution < 1.29 is 9.53 Å². The zero-order valence-corrected chi connectivity index (χ0v) is 11.2. The molecule has 0 aliphatic rings. The van der Waals surface area contributed by atoms with E-state index in [0.717, 1.165) is 5.56 Å². The molecule has 0 saturated heterocycles. The Balaban J connectivity index is 2.63. The molecule has 6 nitrogen and oxygen atoms in total. The highest BCUT2D eigenvalue weighted by Crippen LogP contribution is 2.15. The van der Waals surface area contributed by atoms with Gasteiger partial charge in [0.2, 0.25) is 0 Å². The number of benzene rings is 1. The van der Waals surface area contributed by atoms with Gasteiger partial charge in [0.05, 0.1) is 5.69 Å². The first-order valence-electron chi connectivity index (χ1n) is 6.01. The predicted molar refractivity (Wildman–Crippen MR) is 74.5 cm³/mol. The molecule has 0 radical (unpaired) electrons. The van der Waals surface area contributed by atoms with Crippen molar-refractivity contribution in [2.45, 2.75) is 26.5 Å². The molecule has 0 aliphatic carbocycles. The molecular weight excluding hydrogens is 244 g/mol. The van der Waals surface area contributed by atoms with Gasteiger partial charge >= 0.3 is 5.97 Å². The average molecular weight is 264 g/mol. The molecule has 6 N–H and O–H groups in total. The molecule has 1 rings (SSSR count). The fraction of sp³-hybridized carbons (Fsp3) is 0.385. The zero-order valence-electron chi connectivity index (χ0n) is 11.2. The maximum Gasteiger partial charge on any atom is 0.323 e. The van der Waals surface area contributed by atoms with E-state index in [9.17, 15) is 4.79 Å². The van der Waals surface area contributed by atoms with Crippen LogP contribution in [0.3, 0.4) is 0 Å². The fourth-order valence-corrected chi connectivity index (χ4v) is 1.39. The molecule has 0 saturated carbocycles. The number of nitrogens with zero attached hydrogens (tertiary/aromatic N) is 1. The van der Waals surface area contributed by atoms with Gasteiger partial charge < -0.3 is 21.9 Å². The predicted octanol–water partition coefficient (Wildman–Crippen LogP) is 0.618. The number of carbonyl (C=O) groups excluding carboxylic acids is 1. The summed E-state index contributed by atoms with van der Waals surface area (Å²) in [5, 5.41) is 0. The molecule has 0 bridgehead atoms. The van der Waals surface area contributed by atoms with Gasteiger partial charge in [-0.25, -0.2) is 4.99 Å². The van der Waals surface area contributed by atoms with Crippen LogP contribution in [0.15, 0.2) is 29.3 Å². The number of guanidine groups is 1. The first-order chi connectivity index (χ1) is 8.90. The highest BCUT2D eigenvalue weighted by molar-refractivity contribution is 5.79. The molecule has 0 spiro atoms. The van der Waals surface area contributed by atoms with Gasteiger partial charge in [-0.1, -0.05) is 26.0 Å². The normalized spacial score (nSPS) is 12.0. The second-order valence-electron chi connectivity index (χ2n) is 4.58. The summed E-state index contributed by atoms with van der Waals surface area (Å²) in [6.45, 7) is 3.88. The molecule has 0 fully saturated rings. The van der Waals surface area contributed by atoms with Gasteiger partial charge in [-0.05, 0) is 23.6 Å². The quantitative estimate of drug-likeness (QED) is 0.409. The maximum absolute atomic E-state index is 11.6. The van der Waals surface area contributed by atoms with Crippen LogP contribution in [0.2, 0.25) is 0 Å². The summed E-state index contributed by atoms with van der Waals surface area (Å²) in [6.07, 6.45) is 0. The summed E-state index contributed by atoms with van der Waals surface area (Å²) in [7, 11) is 0. The van der Waals surface area contributed by atoms with Crippen molar-refractivity contribution >= 4 is 17.6 Å². The van der Waals surface area contributed by atoms with E-state index >= 15 is 0 Å². The van der Waals surface area contributed by atoms with Gasteiger partial charge in [0.1, 0.15) is 12.6 Å². The lowest BCUT2D eigenvalue weighted by Crippen LogP contribution is -2.36. The van der Waals surface area contributed by atoms with Gasteiger partial charge in [0.15, 0.2) is 5.96 Å². The van der Waals surface area contributed by atoms with Crippen LogP contribution in [0.5, 0.6) is 0 Å². The van der Waals surface area contributed by atoms with Gasteiger partial charge in [-0.3, -0.25) is 4.79 Å². The third-order valence-electron chi connectivity index (χ3n) is 2.54. The Morgan fingerprint density at radius 1 is 1.37 bits per heavy atom. The van der Waals surface area contributed by atoms with Crippen LogP contribution in [-0.2, 0) is 16.1 Å². The van der Waals surface area contributed by atoms with Gasteiger partial charge in [0.25, 0.3) is 0 Å². The van der Waals surface area contributed by atoms with Gasteiger partial charge in [-0.15, -0.1) is 0 Å². The van der Waals surface area contributed by atoms with E-state index in [1.54, 1.807) is 18.2 Å². The summed E-state index contributed by atoms with van der Waals surface area (Å²) in [5.41, 5.74) is 17.7. The van der Waals surface area contributed by atoms with Crippen molar-refractivity contribution in [1.29, 1.82) is 0 Å². The fourth-order valence-electron chi connectivity index (χ4n) is 1.39. The molecule has 1 aromatic carbocycles. The number of hydrogen-bond donors (Lipinski definition) is 3. The molecule has 1 aromatic rings. The average Bonchev–Trinajstić information content (AvgIpc) is 2.34. The Labute approximate surface area is 112 Å². The van der Waals surface area contributed by atoms with E-state index in [-0.39, 0.29) is 18.5 Å². The SMILES string of the molecule is CC(C)[C@H](N)C(=O)OCc1cccc(N=C(N)N)c1. The first kappa shape index (κ1) is 15.0. The van der Waals surface area contributed by atoms with Gasteiger partial charge in [0, 0.05) is 0 Å². The van der Waals surface area contributed by atoms with Crippen molar-refractivity contribution in [3.63, 3.8) is 0 Å². The monoisotopic (exact) mass is 264 g/mol. The second-order valence-corrected chi connectivity index (χ2v) is 4.58. The smallest absolute Gasteiger partial charge is 0.323 e. The summed E-state index contributed by atoms with van der Waals surface area (Å²) in [6, 6.07) is 6.49. The van der Waals surface area contributed by atoms with E-state index in [1.807, 2.05) is 19.9 Å². The zero-order chi connectivity index (χ0) is 14.4. The molecule has 0 aromatic heterocycles. The minimum atomic E-state index is -0.610. The third kappa shape index (κ3) is 4.97. The number of rotatable bonds is 5. The highest BCUT2D eigenvalue weighted by atomic mass is 16.5. The first-order valence-corrected chi connectivity index (χ1v) is 6.01. The number of aliphatic imine (C=N–C) groups is 1. The molecule has 0 amide bonds. The molecule has 104 valence electrons. The molecule has 6 heteroatoms. The van der Waals surface area contributed by atoms with Crippen molar-refractivity contribution in [2.24, 2.45) is 28.1 Å². The van der Waals surface area contributed by atoms with Crippen LogP contribution in [0.25, 0.3) is 0 Å². The van der Waals surface area contributed by atoms with E-state index in [2.05, 4.69) is 4.99 Å². The number of esters is 1. The summed E-state index contributed by atoms with van der Waals surface area (Å²) < 4.78 is 5.14. The Kier molecular flexibility index (Phi) is 5.32. The minimum absolute atomic E-state index is 0.0176. The lowest BCUT2D eigenvalue weighted by molar-refractivity contribution is -0.147. The Morgan fingerprint density at radius 2 is 2.05 bits per heavy atom. The minimum Gasteiger partial charge on any atom is -0.460 e. The highest BCUT2D eigenvalue weighted by Gasteiger charge is 2.18. The topological polar surface area (TPSA) is 117 Å². The Bertz CT molecular complexity index is 467. The van der Waals surface area contributed by atoms with Crippen molar-refractivity contribution in [2.75, 3.05) is 0 Å². The largest absolute Gasteiger partial charge is 0.460 e. The Morgan fingerprint density at radius 3 is 2.63 bits per heavy atom. The summed E-state index contributed by atoms with van der Waals surface area (Å²) >= 11 is 0. The lowest BCUT2D eigenvalue weighted by atomic mass is 10.1.